The highest BCUT2D eigenvalue weighted by Gasteiger charge is 2.23. The second-order valence-electron chi connectivity index (χ2n) is 8.30. The number of carbonyl (C=O) groups excluding carboxylic acids is 1. The molecule has 1 fully saturated rings. The third kappa shape index (κ3) is 6.86. The number of guanidine groups is 1. The standard InChI is InChI=1S/C21H36N6O.HI/c1-16(2)27-15-17-8-9-18(14-19(17)25-27)24-21(22-3)23-11-10-20(28)26-12-6-4-5-7-13-26;/h15-16,18H,4-14H2,1-3H3,(H2,22,23,24);1H. The Bertz CT molecular complexity index is 679. The van der Waals surface area contributed by atoms with Crippen molar-refractivity contribution in [3.8, 4) is 0 Å². The Labute approximate surface area is 192 Å². The van der Waals surface area contributed by atoms with Gasteiger partial charge in [-0.3, -0.25) is 14.5 Å². The predicted octanol–water partition coefficient (Wildman–Crippen LogP) is 2.90. The first-order valence-electron chi connectivity index (χ1n) is 10.9. The first-order valence-corrected chi connectivity index (χ1v) is 10.9. The second-order valence-corrected chi connectivity index (χ2v) is 8.30. The molecule has 0 aromatic carbocycles. The number of hydrogen-bond donors (Lipinski definition) is 2. The normalized spacial score (nSPS) is 19.9. The summed E-state index contributed by atoms with van der Waals surface area (Å²) in [4.78, 5) is 18.8. The molecular formula is C21H37IN6O. The minimum Gasteiger partial charge on any atom is -0.356 e. The Balaban J connectivity index is 0.00000300. The maximum Gasteiger partial charge on any atom is 0.224 e. The molecule has 2 heterocycles. The van der Waals surface area contributed by atoms with Crippen molar-refractivity contribution in [3.63, 3.8) is 0 Å². The highest BCUT2D eigenvalue weighted by molar-refractivity contribution is 14.0. The number of aromatic nitrogens is 2. The van der Waals surface area contributed by atoms with Gasteiger partial charge in [0, 0.05) is 57.8 Å². The van der Waals surface area contributed by atoms with Crippen LogP contribution in [0.2, 0.25) is 0 Å². The fourth-order valence-electron chi connectivity index (χ4n) is 4.05. The number of hydrogen-bond acceptors (Lipinski definition) is 3. The molecular weight excluding hydrogens is 479 g/mol. The lowest BCUT2D eigenvalue weighted by Gasteiger charge is -2.25. The fraction of sp³-hybridized carbons (Fsp3) is 0.762. The predicted molar refractivity (Wildman–Crippen MR) is 128 cm³/mol. The zero-order valence-corrected chi connectivity index (χ0v) is 20.4. The topological polar surface area (TPSA) is 74.6 Å². The average Bonchev–Trinajstić information content (AvgIpc) is 2.92. The number of halogens is 1. The molecule has 1 aliphatic heterocycles. The lowest BCUT2D eigenvalue weighted by atomic mass is 9.94. The fourth-order valence-corrected chi connectivity index (χ4v) is 4.05. The van der Waals surface area contributed by atoms with E-state index in [1.165, 1.54) is 24.1 Å². The molecule has 2 aliphatic rings. The van der Waals surface area contributed by atoms with Gasteiger partial charge in [-0.05, 0) is 45.1 Å². The summed E-state index contributed by atoms with van der Waals surface area (Å²) in [5, 5.41) is 11.6. The van der Waals surface area contributed by atoms with Gasteiger partial charge in [0.25, 0.3) is 0 Å². The molecule has 3 rings (SSSR count). The van der Waals surface area contributed by atoms with Crippen LogP contribution in [0.3, 0.4) is 0 Å². The molecule has 1 saturated heterocycles. The molecule has 0 radical (unpaired) electrons. The first-order chi connectivity index (χ1) is 13.6. The molecule has 29 heavy (non-hydrogen) atoms. The minimum atomic E-state index is 0. The largest absolute Gasteiger partial charge is 0.356 e. The summed E-state index contributed by atoms with van der Waals surface area (Å²) >= 11 is 0. The number of aliphatic imine (C=N–C) groups is 1. The molecule has 164 valence electrons. The van der Waals surface area contributed by atoms with E-state index in [9.17, 15) is 4.79 Å². The molecule has 1 aromatic heterocycles. The van der Waals surface area contributed by atoms with Crippen LogP contribution in [-0.4, -0.2) is 59.3 Å². The van der Waals surface area contributed by atoms with E-state index in [1.807, 2.05) is 4.90 Å². The van der Waals surface area contributed by atoms with Crippen molar-refractivity contribution < 1.29 is 4.79 Å². The monoisotopic (exact) mass is 516 g/mol. The quantitative estimate of drug-likeness (QED) is 0.359. The van der Waals surface area contributed by atoms with E-state index in [1.54, 1.807) is 7.05 Å². The van der Waals surface area contributed by atoms with Crippen molar-refractivity contribution in [2.75, 3.05) is 26.7 Å². The molecule has 0 saturated carbocycles. The highest BCUT2D eigenvalue weighted by atomic mass is 127. The lowest BCUT2D eigenvalue weighted by molar-refractivity contribution is -0.131. The molecule has 8 heteroatoms. The van der Waals surface area contributed by atoms with Gasteiger partial charge in [0.05, 0.1) is 5.69 Å². The van der Waals surface area contributed by atoms with Gasteiger partial charge < -0.3 is 15.5 Å². The van der Waals surface area contributed by atoms with Gasteiger partial charge >= 0.3 is 0 Å². The summed E-state index contributed by atoms with van der Waals surface area (Å²) in [7, 11) is 1.79. The van der Waals surface area contributed by atoms with Gasteiger partial charge in [-0.1, -0.05) is 12.8 Å². The lowest BCUT2D eigenvalue weighted by Crippen LogP contribution is -2.46. The number of nitrogens with zero attached hydrogens (tertiary/aromatic N) is 4. The number of aryl methyl sites for hydroxylation is 1. The summed E-state index contributed by atoms with van der Waals surface area (Å²) in [6.45, 7) is 6.77. The van der Waals surface area contributed by atoms with Crippen LogP contribution in [0.1, 0.15) is 69.7 Å². The Morgan fingerprint density at radius 3 is 2.66 bits per heavy atom. The molecule has 1 aromatic rings. The van der Waals surface area contributed by atoms with Crippen molar-refractivity contribution in [1.29, 1.82) is 0 Å². The van der Waals surface area contributed by atoms with Crippen molar-refractivity contribution in [1.82, 2.24) is 25.3 Å². The molecule has 1 atom stereocenters. The van der Waals surface area contributed by atoms with E-state index < -0.39 is 0 Å². The van der Waals surface area contributed by atoms with Crippen LogP contribution < -0.4 is 10.6 Å². The third-order valence-electron chi connectivity index (χ3n) is 5.78. The van der Waals surface area contributed by atoms with Crippen molar-refractivity contribution in [2.24, 2.45) is 4.99 Å². The van der Waals surface area contributed by atoms with Crippen molar-refractivity contribution in [2.45, 2.75) is 77.3 Å². The van der Waals surface area contributed by atoms with E-state index in [-0.39, 0.29) is 29.9 Å². The van der Waals surface area contributed by atoms with E-state index in [0.29, 0.717) is 25.0 Å². The molecule has 1 aliphatic carbocycles. The van der Waals surface area contributed by atoms with Crippen LogP contribution >= 0.6 is 24.0 Å². The molecule has 0 spiro atoms. The summed E-state index contributed by atoms with van der Waals surface area (Å²) in [5.41, 5.74) is 2.57. The van der Waals surface area contributed by atoms with Gasteiger partial charge in [0.15, 0.2) is 5.96 Å². The zero-order valence-electron chi connectivity index (χ0n) is 18.1. The van der Waals surface area contributed by atoms with Crippen LogP contribution in [0.4, 0.5) is 0 Å². The van der Waals surface area contributed by atoms with Crippen LogP contribution in [0, 0.1) is 0 Å². The molecule has 0 bridgehead atoms. The summed E-state index contributed by atoms with van der Waals surface area (Å²) in [5.74, 6) is 1.03. The second kappa shape index (κ2) is 11.8. The summed E-state index contributed by atoms with van der Waals surface area (Å²) < 4.78 is 2.06. The maximum absolute atomic E-state index is 12.4. The van der Waals surface area contributed by atoms with Crippen LogP contribution in [0.25, 0.3) is 0 Å². The SMILES string of the molecule is CN=C(NCCC(=O)N1CCCCCC1)NC1CCc2cn(C(C)C)nc2C1.I. The smallest absolute Gasteiger partial charge is 0.224 e. The third-order valence-corrected chi connectivity index (χ3v) is 5.78. The first kappa shape index (κ1) is 24.0. The summed E-state index contributed by atoms with van der Waals surface area (Å²) in [6.07, 6.45) is 10.5. The van der Waals surface area contributed by atoms with Crippen LogP contribution in [-0.2, 0) is 17.6 Å². The highest BCUT2D eigenvalue weighted by Crippen LogP contribution is 2.21. The minimum absolute atomic E-state index is 0. The number of fused-ring (bicyclic) bond motifs is 1. The molecule has 1 unspecified atom stereocenters. The average molecular weight is 516 g/mol. The number of rotatable bonds is 5. The van der Waals surface area contributed by atoms with Gasteiger partial charge in [-0.25, -0.2) is 0 Å². The molecule has 7 nitrogen and oxygen atoms in total. The van der Waals surface area contributed by atoms with Gasteiger partial charge in [0.1, 0.15) is 0 Å². The van der Waals surface area contributed by atoms with Gasteiger partial charge in [0.2, 0.25) is 5.91 Å². The van der Waals surface area contributed by atoms with Gasteiger partial charge in [-0.15, -0.1) is 24.0 Å². The van der Waals surface area contributed by atoms with Crippen LogP contribution in [0.15, 0.2) is 11.2 Å². The number of likely N-dealkylation sites (tertiary alicyclic amines) is 1. The van der Waals surface area contributed by atoms with E-state index in [0.717, 1.165) is 51.2 Å². The Kier molecular flexibility index (Phi) is 9.71. The van der Waals surface area contributed by atoms with Crippen LogP contribution in [0.5, 0.6) is 0 Å². The van der Waals surface area contributed by atoms with Gasteiger partial charge in [-0.2, -0.15) is 5.10 Å². The Morgan fingerprint density at radius 2 is 2.00 bits per heavy atom. The molecule has 1 amide bonds. The summed E-state index contributed by atoms with van der Waals surface area (Å²) in [6, 6.07) is 0.726. The van der Waals surface area contributed by atoms with Crippen molar-refractivity contribution in [3.05, 3.63) is 17.5 Å². The van der Waals surface area contributed by atoms with Crippen molar-refractivity contribution >= 4 is 35.8 Å². The number of nitrogens with one attached hydrogen (secondary N) is 2. The Morgan fingerprint density at radius 1 is 1.28 bits per heavy atom. The van der Waals surface area contributed by atoms with E-state index in [2.05, 4.69) is 40.4 Å². The number of carbonyl (C=O) groups is 1. The van der Waals surface area contributed by atoms with E-state index >= 15 is 0 Å². The number of amides is 1. The Hall–Kier alpha value is -1.32. The molecule has 2 N–H and O–H groups in total. The van der Waals surface area contributed by atoms with E-state index in [4.69, 9.17) is 5.10 Å². The zero-order chi connectivity index (χ0) is 19.9. The maximum atomic E-state index is 12.4.